The van der Waals surface area contributed by atoms with E-state index in [9.17, 15) is 0 Å². The topological polar surface area (TPSA) is 38.7 Å². The van der Waals surface area contributed by atoms with Gasteiger partial charge in [0.25, 0.3) is 0 Å². The Morgan fingerprint density at radius 1 is 0.321 bits per heavy atom. The molecule has 0 N–H and O–H groups in total. The van der Waals surface area contributed by atoms with Crippen LogP contribution in [0.4, 0.5) is 0 Å². The second-order valence-electron chi connectivity index (χ2n) is 13.5. The van der Waals surface area contributed by atoms with Crippen molar-refractivity contribution < 1.29 is 0 Å². The fraction of sp³-hybridized carbons (Fsp3) is 0.0200. The van der Waals surface area contributed by atoms with Crippen LogP contribution in [-0.4, -0.2) is 15.0 Å². The molecule has 0 aliphatic heterocycles. The molecule has 9 aromatic rings. The number of aromatic nitrogens is 3. The molecule has 0 amide bonds. The molecule has 0 atom stereocenters. The highest BCUT2D eigenvalue weighted by atomic mass is 15.0. The van der Waals surface area contributed by atoms with E-state index in [1.807, 2.05) is 30.3 Å². The third kappa shape index (κ3) is 5.01. The zero-order valence-corrected chi connectivity index (χ0v) is 28.9. The van der Waals surface area contributed by atoms with Crippen LogP contribution in [0, 0.1) is 0 Å². The van der Waals surface area contributed by atoms with E-state index in [0.717, 1.165) is 33.2 Å². The SMILES string of the molecule is c1ccc(-c2nc(-c3ccc4c5c(ccc4c3)C(c3ccccc3)(c3ccccc3)c3ccccc3-5)nc(-c3ccccc3-c3ccccc3)n2)cc1. The van der Waals surface area contributed by atoms with Gasteiger partial charge in [-0.2, -0.15) is 0 Å². The van der Waals surface area contributed by atoms with Crippen molar-refractivity contribution >= 4 is 10.8 Å². The molecule has 1 aliphatic rings. The van der Waals surface area contributed by atoms with Gasteiger partial charge in [0.1, 0.15) is 0 Å². The molecule has 1 aliphatic carbocycles. The summed E-state index contributed by atoms with van der Waals surface area (Å²) in [5, 5.41) is 2.35. The lowest BCUT2D eigenvalue weighted by Crippen LogP contribution is -2.28. The minimum atomic E-state index is -0.443. The minimum Gasteiger partial charge on any atom is -0.208 e. The van der Waals surface area contributed by atoms with Crippen LogP contribution in [0.25, 0.3) is 67.2 Å². The summed E-state index contributed by atoms with van der Waals surface area (Å²) >= 11 is 0. The molecule has 0 spiro atoms. The van der Waals surface area contributed by atoms with E-state index in [-0.39, 0.29) is 0 Å². The van der Waals surface area contributed by atoms with Gasteiger partial charge in [0, 0.05) is 16.7 Å². The lowest BCUT2D eigenvalue weighted by molar-refractivity contribution is 0.769. The Bertz CT molecular complexity index is 2720. The maximum atomic E-state index is 5.18. The molecule has 0 saturated heterocycles. The van der Waals surface area contributed by atoms with Crippen molar-refractivity contribution in [2.45, 2.75) is 5.41 Å². The molecule has 10 rings (SSSR count). The van der Waals surface area contributed by atoms with Crippen LogP contribution in [0.2, 0.25) is 0 Å². The van der Waals surface area contributed by atoms with Crippen LogP contribution in [0.5, 0.6) is 0 Å². The van der Waals surface area contributed by atoms with Gasteiger partial charge in [-0.15, -0.1) is 0 Å². The third-order valence-electron chi connectivity index (χ3n) is 10.6. The largest absolute Gasteiger partial charge is 0.208 e. The Kier molecular flexibility index (Phi) is 7.36. The Hall–Kier alpha value is -6.97. The fourth-order valence-electron chi connectivity index (χ4n) is 8.30. The highest BCUT2D eigenvalue weighted by Crippen LogP contribution is 2.57. The molecule has 1 aromatic heterocycles. The maximum Gasteiger partial charge on any atom is 0.164 e. The first-order valence-corrected chi connectivity index (χ1v) is 18.0. The summed E-state index contributed by atoms with van der Waals surface area (Å²) in [6.45, 7) is 0. The van der Waals surface area contributed by atoms with Crippen LogP contribution in [0.15, 0.2) is 200 Å². The van der Waals surface area contributed by atoms with Gasteiger partial charge in [-0.1, -0.05) is 194 Å². The lowest BCUT2D eigenvalue weighted by Gasteiger charge is -2.33. The van der Waals surface area contributed by atoms with E-state index in [0.29, 0.717) is 17.5 Å². The van der Waals surface area contributed by atoms with Gasteiger partial charge >= 0.3 is 0 Å². The van der Waals surface area contributed by atoms with Gasteiger partial charge in [0.05, 0.1) is 5.41 Å². The molecule has 248 valence electrons. The zero-order chi connectivity index (χ0) is 35.2. The zero-order valence-electron chi connectivity index (χ0n) is 28.9. The van der Waals surface area contributed by atoms with E-state index < -0.39 is 5.41 Å². The first-order chi connectivity index (χ1) is 26.3. The Morgan fingerprint density at radius 2 is 0.830 bits per heavy atom. The molecule has 0 bridgehead atoms. The first kappa shape index (κ1) is 30.8. The van der Waals surface area contributed by atoms with Gasteiger partial charge in [-0.05, 0) is 61.3 Å². The molecule has 0 unspecified atom stereocenters. The van der Waals surface area contributed by atoms with Crippen molar-refractivity contribution in [3.05, 3.63) is 222 Å². The van der Waals surface area contributed by atoms with Crippen LogP contribution in [0.1, 0.15) is 22.3 Å². The van der Waals surface area contributed by atoms with Gasteiger partial charge < -0.3 is 0 Å². The molecular weight excluding hydrogens is 643 g/mol. The Morgan fingerprint density at radius 3 is 1.49 bits per heavy atom. The van der Waals surface area contributed by atoms with Crippen LogP contribution in [0.3, 0.4) is 0 Å². The molecule has 8 aromatic carbocycles. The predicted molar refractivity (Wildman–Crippen MR) is 216 cm³/mol. The molecular formula is C50H33N3. The summed E-state index contributed by atoms with van der Waals surface area (Å²) in [5.41, 5.74) is 12.3. The van der Waals surface area contributed by atoms with Crippen molar-refractivity contribution in [3.8, 4) is 56.4 Å². The summed E-state index contributed by atoms with van der Waals surface area (Å²) in [4.78, 5) is 15.3. The average Bonchev–Trinajstić information content (AvgIpc) is 3.56. The quantitative estimate of drug-likeness (QED) is 0.176. The Balaban J connectivity index is 1.18. The van der Waals surface area contributed by atoms with Crippen LogP contribution < -0.4 is 0 Å². The second kappa shape index (κ2) is 12.7. The van der Waals surface area contributed by atoms with Gasteiger partial charge in [0.15, 0.2) is 17.5 Å². The number of fused-ring (bicyclic) bond motifs is 5. The number of rotatable bonds is 6. The van der Waals surface area contributed by atoms with E-state index >= 15 is 0 Å². The van der Waals surface area contributed by atoms with E-state index in [4.69, 9.17) is 15.0 Å². The van der Waals surface area contributed by atoms with Crippen LogP contribution in [-0.2, 0) is 5.41 Å². The summed E-state index contributed by atoms with van der Waals surface area (Å²) in [6, 6.07) is 71.0. The number of hydrogen-bond acceptors (Lipinski definition) is 3. The van der Waals surface area contributed by atoms with E-state index in [1.165, 1.54) is 38.8 Å². The lowest BCUT2D eigenvalue weighted by atomic mass is 9.67. The van der Waals surface area contributed by atoms with Crippen molar-refractivity contribution in [1.29, 1.82) is 0 Å². The predicted octanol–water partition coefficient (Wildman–Crippen LogP) is 12.1. The van der Waals surface area contributed by atoms with Crippen LogP contribution >= 0.6 is 0 Å². The van der Waals surface area contributed by atoms with Crippen molar-refractivity contribution in [1.82, 2.24) is 15.0 Å². The fourth-order valence-corrected chi connectivity index (χ4v) is 8.30. The van der Waals surface area contributed by atoms with Crippen molar-refractivity contribution in [3.63, 3.8) is 0 Å². The average molecular weight is 676 g/mol. The highest BCUT2D eigenvalue weighted by Gasteiger charge is 2.46. The van der Waals surface area contributed by atoms with Crippen molar-refractivity contribution in [2.75, 3.05) is 0 Å². The monoisotopic (exact) mass is 675 g/mol. The number of benzene rings is 8. The third-order valence-corrected chi connectivity index (χ3v) is 10.6. The second-order valence-corrected chi connectivity index (χ2v) is 13.5. The van der Waals surface area contributed by atoms with Gasteiger partial charge in [-0.25, -0.2) is 15.0 Å². The molecule has 0 fully saturated rings. The number of hydrogen-bond donors (Lipinski definition) is 0. The minimum absolute atomic E-state index is 0.443. The first-order valence-electron chi connectivity index (χ1n) is 18.0. The molecule has 3 nitrogen and oxygen atoms in total. The van der Waals surface area contributed by atoms with Gasteiger partial charge in [-0.3, -0.25) is 0 Å². The summed E-state index contributed by atoms with van der Waals surface area (Å²) in [5.74, 6) is 1.93. The summed E-state index contributed by atoms with van der Waals surface area (Å²) in [7, 11) is 0. The molecule has 0 saturated carbocycles. The maximum absolute atomic E-state index is 5.18. The van der Waals surface area contributed by atoms with Gasteiger partial charge in [0.2, 0.25) is 0 Å². The molecule has 1 heterocycles. The molecule has 0 radical (unpaired) electrons. The Labute approximate surface area is 309 Å². The van der Waals surface area contributed by atoms with Crippen molar-refractivity contribution in [2.24, 2.45) is 0 Å². The molecule has 3 heteroatoms. The highest BCUT2D eigenvalue weighted by molar-refractivity contribution is 6.05. The summed E-state index contributed by atoms with van der Waals surface area (Å²) in [6.07, 6.45) is 0. The normalized spacial score (nSPS) is 12.7. The smallest absolute Gasteiger partial charge is 0.164 e. The standard InChI is InChI=1S/C50H33N3/c1-5-17-34(18-6-1)40-25-13-14-26-42(40)49-52-47(35-19-7-2-8-20-35)51-48(53-49)37-29-31-41-36(33-37)30-32-45-46(41)43-27-15-16-28-44(43)50(45,38-21-9-3-10-22-38)39-23-11-4-12-24-39/h1-33H. The number of nitrogens with zero attached hydrogens (tertiary/aromatic N) is 3. The molecule has 53 heavy (non-hydrogen) atoms. The van der Waals surface area contributed by atoms with E-state index in [1.54, 1.807) is 0 Å². The summed E-state index contributed by atoms with van der Waals surface area (Å²) < 4.78 is 0. The van der Waals surface area contributed by atoms with E-state index in [2.05, 4.69) is 170 Å².